The van der Waals surface area contributed by atoms with Gasteiger partial charge >= 0.3 is 5.97 Å². The molecule has 3 N–H and O–H groups in total. The Bertz CT molecular complexity index is 613. The van der Waals surface area contributed by atoms with Crippen molar-refractivity contribution in [2.24, 2.45) is 5.73 Å². The van der Waals surface area contributed by atoms with E-state index in [0.717, 1.165) is 5.56 Å². The lowest BCUT2D eigenvalue weighted by atomic mass is 10.1. The number of nitrogens with two attached hydrogens (primary N) is 1. The van der Waals surface area contributed by atoms with Crippen LogP contribution in [0.1, 0.15) is 19.7 Å². The number of carboxylic acids is 1. The first-order chi connectivity index (χ1) is 9.90. The second kappa shape index (κ2) is 6.28. The summed E-state index contributed by atoms with van der Waals surface area (Å²) in [7, 11) is 0. The predicted molar refractivity (Wildman–Crippen MR) is 80.7 cm³/mol. The fraction of sp³-hybridized carbons (Fsp3) is 0.357. The number of thioether (sulfide) groups is 1. The van der Waals surface area contributed by atoms with Gasteiger partial charge in [0, 0.05) is 10.3 Å². The second-order valence-electron chi connectivity index (χ2n) is 5.08. The van der Waals surface area contributed by atoms with E-state index in [0.29, 0.717) is 17.5 Å². The summed E-state index contributed by atoms with van der Waals surface area (Å²) in [5.41, 5.74) is 6.52. The molecule has 0 aliphatic heterocycles. The van der Waals surface area contributed by atoms with Gasteiger partial charge in [-0.2, -0.15) is 0 Å². The maximum Gasteiger partial charge on any atom is 0.321 e. The third kappa shape index (κ3) is 3.83. The zero-order valence-corrected chi connectivity index (χ0v) is 12.6. The molecule has 1 aromatic heterocycles. The lowest BCUT2D eigenvalue weighted by Gasteiger charge is -2.27. The molecule has 0 fully saturated rings. The lowest BCUT2D eigenvalue weighted by Crippen LogP contribution is -2.46. The summed E-state index contributed by atoms with van der Waals surface area (Å²) in [6, 6.07) is 8.50. The van der Waals surface area contributed by atoms with Crippen LogP contribution in [0.15, 0.2) is 34.7 Å². The average Bonchev–Trinajstić information content (AvgIpc) is 2.94. The van der Waals surface area contributed by atoms with E-state index >= 15 is 0 Å². The molecule has 0 radical (unpaired) electrons. The number of benzene rings is 1. The Labute approximate surface area is 126 Å². The first-order valence-corrected chi connectivity index (χ1v) is 7.39. The van der Waals surface area contributed by atoms with Gasteiger partial charge in [-0.3, -0.25) is 4.79 Å². The maximum absolute atomic E-state index is 11.0. The molecule has 0 saturated carbocycles. The number of rotatable bonds is 6. The van der Waals surface area contributed by atoms with Gasteiger partial charge in [-0.15, -0.1) is 22.0 Å². The summed E-state index contributed by atoms with van der Waals surface area (Å²) in [6.07, 6.45) is 0. The molecule has 0 aliphatic carbocycles. The van der Waals surface area contributed by atoms with E-state index in [2.05, 4.69) is 10.2 Å². The summed E-state index contributed by atoms with van der Waals surface area (Å²) in [4.78, 5) is 11.0. The van der Waals surface area contributed by atoms with Crippen LogP contribution in [0.4, 0.5) is 0 Å². The van der Waals surface area contributed by atoms with Crippen molar-refractivity contribution in [3.8, 4) is 11.5 Å². The minimum atomic E-state index is -1.02. The first kappa shape index (κ1) is 15.5. The fourth-order valence-corrected chi connectivity index (χ4v) is 2.54. The second-order valence-corrected chi connectivity index (χ2v) is 6.70. The molecule has 1 atom stereocenters. The van der Waals surface area contributed by atoms with E-state index < -0.39 is 16.8 Å². The van der Waals surface area contributed by atoms with Crippen LogP contribution >= 0.6 is 11.8 Å². The molecule has 6 nitrogen and oxygen atoms in total. The van der Waals surface area contributed by atoms with Gasteiger partial charge in [-0.25, -0.2) is 0 Å². The molecular weight excluding hydrogens is 290 g/mol. The molecule has 0 unspecified atom stereocenters. The summed E-state index contributed by atoms with van der Waals surface area (Å²) in [6.45, 7) is 3.57. The van der Waals surface area contributed by atoms with Crippen molar-refractivity contribution in [2.45, 2.75) is 30.4 Å². The lowest BCUT2D eigenvalue weighted by molar-refractivity contribution is -0.139. The van der Waals surface area contributed by atoms with Crippen LogP contribution in [-0.2, 0) is 10.5 Å². The van der Waals surface area contributed by atoms with Gasteiger partial charge in [0.1, 0.15) is 6.04 Å². The number of carbonyl (C=O) groups is 1. The van der Waals surface area contributed by atoms with Crippen molar-refractivity contribution in [1.82, 2.24) is 10.2 Å². The smallest absolute Gasteiger partial charge is 0.321 e. The molecule has 0 saturated heterocycles. The fourth-order valence-electron chi connectivity index (χ4n) is 1.64. The van der Waals surface area contributed by atoms with Crippen LogP contribution < -0.4 is 5.73 Å². The summed E-state index contributed by atoms with van der Waals surface area (Å²) in [5, 5.41) is 16.9. The van der Waals surface area contributed by atoms with Crippen molar-refractivity contribution in [3.05, 3.63) is 36.2 Å². The van der Waals surface area contributed by atoms with E-state index in [4.69, 9.17) is 15.3 Å². The molecule has 7 heteroatoms. The van der Waals surface area contributed by atoms with E-state index in [1.807, 2.05) is 30.3 Å². The van der Waals surface area contributed by atoms with Gasteiger partial charge < -0.3 is 15.3 Å². The molecule has 0 bridgehead atoms. The van der Waals surface area contributed by atoms with E-state index in [1.165, 1.54) is 11.8 Å². The summed E-state index contributed by atoms with van der Waals surface area (Å²) in [5.74, 6) is 0.285. The Kier molecular flexibility index (Phi) is 4.64. The number of aromatic nitrogens is 2. The number of hydrogen-bond donors (Lipinski definition) is 2. The van der Waals surface area contributed by atoms with Crippen molar-refractivity contribution >= 4 is 17.7 Å². The molecule has 1 heterocycles. The van der Waals surface area contributed by atoms with E-state index in [9.17, 15) is 4.79 Å². The topological polar surface area (TPSA) is 102 Å². The Morgan fingerprint density at radius 3 is 2.67 bits per heavy atom. The Hall–Kier alpha value is -1.86. The maximum atomic E-state index is 11.0. The van der Waals surface area contributed by atoms with Gasteiger partial charge in [0.25, 0.3) is 0 Å². The van der Waals surface area contributed by atoms with Gasteiger partial charge in [0.15, 0.2) is 0 Å². The number of aliphatic carboxylic acids is 1. The summed E-state index contributed by atoms with van der Waals surface area (Å²) < 4.78 is 4.94. The summed E-state index contributed by atoms with van der Waals surface area (Å²) >= 11 is 1.37. The molecule has 21 heavy (non-hydrogen) atoms. The minimum Gasteiger partial charge on any atom is -0.480 e. The van der Waals surface area contributed by atoms with Crippen LogP contribution in [0.5, 0.6) is 0 Å². The van der Waals surface area contributed by atoms with Crippen LogP contribution in [0, 0.1) is 0 Å². The predicted octanol–water partition coefficient (Wildman–Crippen LogP) is 2.16. The van der Waals surface area contributed by atoms with Gasteiger partial charge in [0.2, 0.25) is 11.8 Å². The van der Waals surface area contributed by atoms with Crippen molar-refractivity contribution in [3.63, 3.8) is 0 Å². The first-order valence-electron chi connectivity index (χ1n) is 6.40. The molecule has 0 aliphatic rings. The zero-order valence-electron chi connectivity index (χ0n) is 11.8. The number of hydrogen-bond acceptors (Lipinski definition) is 6. The number of carboxylic acid groups (broad SMARTS) is 1. The van der Waals surface area contributed by atoms with E-state index in [-0.39, 0.29) is 0 Å². The Balaban J connectivity index is 2.02. The standard InChI is InChI=1S/C14H17N3O3S/c1-14(2,11(15)13(18)19)21-8-10-16-17-12(20-10)9-6-4-3-5-7-9/h3-7,11H,8,15H2,1-2H3,(H,18,19)/t11-/m0/s1. The van der Waals surface area contributed by atoms with Gasteiger partial charge in [0.05, 0.1) is 5.75 Å². The zero-order chi connectivity index (χ0) is 15.5. The number of nitrogens with zero attached hydrogens (tertiary/aromatic N) is 2. The van der Waals surface area contributed by atoms with Crippen LogP contribution in [-0.4, -0.2) is 32.1 Å². The van der Waals surface area contributed by atoms with Gasteiger partial charge in [-0.1, -0.05) is 18.2 Å². The molecule has 0 spiro atoms. The SMILES string of the molecule is CC(C)(SCc1nnc(-c2ccccc2)o1)[C@@H](N)C(=O)O. The van der Waals surface area contributed by atoms with Crippen LogP contribution in [0.25, 0.3) is 11.5 Å². The van der Waals surface area contributed by atoms with Crippen LogP contribution in [0.2, 0.25) is 0 Å². The normalized spacial score (nSPS) is 13.1. The third-order valence-corrected chi connectivity index (χ3v) is 4.46. The quantitative estimate of drug-likeness (QED) is 0.843. The van der Waals surface area contributed by atoms with E-state index in [1.54, 1.807) is 13.8 Å². The highest BCUT2D eigenvalue weighted by Crippen LogP contribution is 2.31. The molecule has 0 amide bonds. The highest BCUT2D eigenvalue weighted by Gasteiger charge is 2.33. The highest BCUT2D eigenvalue weighted by atomic mass is 32.2. The minimum absolute atomic E-state index is 0.411. The van der Waals surface area contributed by atoms with Crippen molar-refractivity contribution in [2.75, 3.05) is 0 Å². The third-order valence-electron chi connectivity index (χ3n) is 3.07. The Morgan fingerprint density at radius 2 is 2.05 bits per heavy atom. The highest BCUT2D eigenvalue weighted by molar-refractivity contribution is 7.99. The van der Waals surface area contributed by atoms with Crippen molar-refractivity contribution < 1.29 is 14.3 Å². The Morgan fingerprint density at radius 1 is 1.38 bits per heavy atom. The molecule has 2 rings (SSSR count). The van der Waals surface area contributed by atoms with Crippen LogP contribution in [0.3, 0.4) is 0 Å². The molecule has 112 valence electrons. The van der Waals surface area contributed by atoms with Gasteiger partial charge in [-0.05, 0) is 26.0 Å². The molecular formula is C14H17N3O3S. The monoisotopic (exact) mass is 307 g/mol. The largest absolute Gasteiger partial charge is 0.480 e. The molecule has 2 aromatic rings. The van der Waals surface area contributed by atoms with Crippen molar-refractivity contribution in [1.29, 1.82) is 0 Å². The molecule has 1 aromatic carbocycles. The average molecular weight is 307 g/mol.